The van der Waals surface area contributed by atoms with Crippen molar-refractivity contribution in [2.24, 2.45) is 0 Å². The minimum absolute atomic E-state index is 0.117. The average Bonchev–Trinajstić information content (AvgIpc) is 2.96. The molecule has 2 atom stereocenters. The van der Waals surface area contributed by atoms with Crippen LogP contribution in [0.2, 0.25) is 0 Å². The molecule has 196 valence electrons. The van der Waals surface area contributed by atoms with Crippen LogP contribution >= 0.6 is 0 Å². The number of nitrogens with zero attached hydrogens (tertiary/aromatic N) is 5. The summed E-state index contributed by atoms with van der Waals surface area (Å²) in [5, 5.41) is 0.955. The van der Waals surface area contributed by atoms with Crippen LogP contribution in [0.15, 0.2) is 66.7 Å². The molecular formula is C30H33N5O3. The van der Waals surface area contributed by atoms with Crippen molar-refractivity contribution in [1.29, 1.82) is 0 Å². The number of hydrogen-bond donors (Lipinski definition) is 0. The van der Waals surface area contributed by atoms with E-state index in [0.717, 1.165) is 60.0 Å². The molecule has 0 saturated carbocycles. The van der Waals surface area contributed by atoms with Gasteiger partial charge in [-0.3, -0.25) is 0 Å². The lowest BCUT2D eigenvalue weighted by atomic mass is 10.1. The van der Waals surface area contributed by atoms with Crippen molar-refractivity contribution in [3.05, 3.63) is 72.3 Å². The van der Waals surface area contributed by atoms with E-state index in [1.54, 1.807) is 0 Å². The van der Waals surface area contributed by atoms with Gasteiger partial charge in [-0.1, -0.05) is 30.3 Å². The summed E-state index contributed by atoms with van der Waals surface area (Å²) in [7, 11) is 0. The number of morpholine rings is 2. The van der Waals surface area contributed by atoms with Gasteiger partial charge in [-0.05, 0) is 55.8 Å². The molecule has 4 heterocycles. The van der Waals surface area contributed by atoms with Crippen molar-refractivity contribution in [2.75, 3.05) is 49.2 Å². The molecule has 0 amide bonds. The van der Waals surface area contributed by atoms with E-state index in [-0.39, 0.29) is 12.2 Å². The molecule has 2 fully saturated rings. The van der Waals surface area contributed by atoms with E-state index in [4.69, 9.17) is 29.2 Å². The van der Waals surface area contributed by atoms with Crippen LogP contribution in [0.3, 0.4) is 0 Å². The molecule has 0 radical (unpaired) electrons. The Morgan fingerprint density at radius 3 is 2.29 bits per heavy atom. The van der Waals surface area contributed by atoms with Crippen LogP contribution in [-0.2, 0) is 16.1 Å². The molecule has 6 rings (SSSR count). The van der Waals surface area contributed by atoms with Crippen LogP contribution in [-0.4, -0.2) is 66.6 Å². The first-order chi connectivity index (χ1) is 18.6. The van der Waals surface area contributed by atoms with Crippen molar-refractivity contribution in [3.63, 3.8) is 0 Å². The molecule has 4 aromatic rings. The molecule has 38 heavy (non-hydrogen) atoms. The maximum Gasteiger partial charge on any atom is 0.229 e. The zero-order valence-electron chi connectivity index (χ0n) is 21.9. The maximum atomic E-state index is 5.96. The van der Waals surface area contributed by atoms with Crippen LogP contribution in [0.1, 0.15) is 19.4 Å². The van der Waals surface area contributed by atoms with E-state index >= 15 is 0 Å². The number of ether oxygens (including phenoxy) is 3. The van der Waals surface area contributed by atoms with Crippen LogP contribution < -0.4 is 14.5 Å². The molecule has 8 nitrogen and oxygen atoms in total. The number of hydrogen-bond acceptors (Lipinski definition) is 8. The lowest BCUT2D eigenvalue weighted by molar-refractivity contribution is -0.00570. The SMILES string of the molecule is CC1CN(c2nc(N3CCOCC3)c3ccc(-c4ccc(OCc5ccccc5)cc4)nc3n2)CC(C)O1. The zero-order valence-corrected chi connectivity index (χ0v) is 21.9. The molecule has 2 aromatic heterocycles. The number of rotatable bonds is 6. The third-order valence-electron chi connectivity index (χ3n) is 6.94. The third kappa shape index (κ3) is 5.42. The van der Waals surface area contributed by atoms with Gasteiger partial charge in [0.15, 0.2) is 5.65 Å². The largest absolute Gasteiger partial charge is 0.489 e. The Morgan fingerprint density at radius 1 is 0.816 bits per heavy atom. The second kappa shape index (κ2) is 10.9. The molecule has 0 N–H and O–H groups in total. The van der Waals surface area contributed by atoms with Crippen molar-refractivity contribution in [1.82, 2.24) is 15.0 Å². The molecule has 0 spiro atoms. The van der Waals surface area contributed by atoms with Gasteiger partial charge in [-0.15, -0.1) is 0 Å². The zero-order chi connectivity index (χ0) is 25.9. The van der Waals surface area contributed by atoms with Gasteiger partial charge in [0, 0.05) is 31.7 Å². The van der Waals surface area contributed by atoms with E-state index in [1.807, 2.05) is 48.5 Å². The number of aromatic nitrogens is 3. The molecule has 2 saturated heterocycles. The van der Waals surface area contributed by atoms with Gasteiger partial charge in [0.1, 0.15) is 18.2 Å². The van der Waals surface area contributed by atoms with Crippen LogP contribution in [0.4, 0.5) is 11.8 Å². The fourth-order valence-corrected chi connectivity index (χ4v) is 5.11. The van der Waals surface area contributed by atoms with Gasteiger partial charge in [-0.2, -0.15) is 9.97 Å². The molecule has 8 heteroatoms. The highest BCUT2D eigenvalue weighted by molar-refractivity contribution is 5.90. The molecule has 2 aliphatic rings. The normalized spacial score (nSPS) is 20.1. The minimum atomic E-state index is 0.117. The quantitative estimate of drug-likeness (QED) is 0.368. The first-order valence-corrected chi connectivity index (χ1v) is 13.3. The van der Waals surface area contributed by atoms with E-state index < -0.39 is 0 Å². The lowest BCUT2D eigenvalue weighted by Crippen LogP contribution is -2.46. The minimum Gasteiger partial charge on any atom is -0.489 e. The van der Waals surface area contributed by atoms with Gasteiger partial charge in [0.2, 0.25) is 5.95 Å². The van der Waals surface area contributed by atoms with Crippen molar-refractivity contribution < 1.29 is 14.2 Å². The number of benzene rings is 2. The summed E-state index contributed by atoms with van der Waals surface area (Å²) in [6.07, 6.45) is 0.235. The topological polar surface area (TPSA) is 72.8 Å². The van der Waals surface area contributed by atoms with Gasteiger partial charge >= 0.3 is 0 Å². The third-order valence-corrected chi connectivity index (χ3v) is 6.94. The summed E-state index contributed by atoms with van der Waals surface area (Å²) in [6.45, 7) is 9.21. The highest BCUT2D eigenvalue weighted by Crippen LogP contribution is 2.30. The molecule has 2 aromatic carbocycles. The van der Waals surface area contributed by atoms with Gasteiger partial charge in [0.05, 0.1) is 36.5 Å². The summed E-state index contributed by atoms with van der Waals surface area (Å²) < 4.78 is 17.5. The summed E-state index contributed by atoms with van der Waals surface area (Å²) >= 11 is 0. The van der Waals surface area contributed by atoms with E-state index in [1.165, 1.54) is 0 Å². The van der Waals surface area contributed by atoms with E-state index in [0.29, 0.717) is 31.4 Å². The predicted octanol–water partition coefficient (Wildman–Crippen LogP) is 4.72. The average molecular weight is 512 g/mol. The Bertz CT molecular complexity index is 1370. The monoisotopic (exact) mass is 511 g/mol. The lowest BCUT2D eigenvalue weighted by Gasteiger charge is -2.36. The highest BCUT2D eigenvalue weighted by Gasteiger charge is 2.26. The van der Waals surface area contributed by atoms with E-state index in [2.05, 4.69) is 41.8 Å². The Balaban J connectivity index is 1.31. The summed E-state index contributed by atoms with van der Waals surface area (Å²) in [4.78, 5) is 19.5. The van der Waals surface area contributed by atoms with Gasteiger partial charge in [-0.25, -0.2) is 4.98 Å². The van der Waals surface area contributed by atoms with Crippen molar-refractivity contribution >= 4 is 22.8 Å². The van der Waals surface area contributed by atoms with Crippen molar-refractivity contribution in [2.45, 2.75) is 32.7 Å². The fourth-order valence-electron chi connectivity index (χ4n) is 5.11. The molecule has 2 unspecified atom stereocenters. The summed E-state index contributed by atoms with van der Waals surface area (Å²) in [6, 6.07) is 22.4. The van der Waals surface area contributed by atoms with Crippen LogP contribution in [0.25, 0.3) is 22.3 Å². The fraction of sp³-hybridized carbons (Fsp3) is 0.367. The highest BCUT2D eigenvalue weighted by atomic mass is 16.5. The number of anilines is 2. The maximum absolute atomic E-state index is 5.96. The van der Waals surface area contributed by atoms with Gasteiger partial charge < -0.3 is 24.0 Å². The summed E-state index contributed by atoms with van der Waals surface area (Å²) in [5.74, 6) is 2.45. The van der Waals surface area contributed by atoms with Crippen LogP contribution in [0, 0.1) is 0 Å². The smallest absolute Gasteiger partial charge is 0.229 e. The Morgan fingerprint density at radius 2 is 1.55 bits per heavy atom. The number of pyridine rings is 1. The molecule has 0 aliphatic carbocycles. The molecule has 2 aliphatic heterocycles. The Hall–Kier alpha value is -3.75. The second-order valence-electron chi connectivity index (χ2n) is 9.98. The Labute approximate surface area is 223 Å². The summed E-state index contributed by atoms with van der Waals surface area (Å²) in [5.41, 5.74) is 3.72. The standard InChI is InChI=1S/C30H33N5O3/c1-21-18-35(19-22(2)38-21)30-32-28-26(29(33-30)34-14-16-36-17-15-34)12-13-27(31-28)24-8-10-25(11-9-24)37-20-23-6-4-3-5-7-23/h3-13,21-22H,14-20H2,1-2H3. The Kier molecular flexibility index (Phi) is 7.07. The first-order valence-electron chi connectivity index (χ1n) is 13.3. The number of fused-ring (bicyclic) bond motifs is 1. The molecular weight excluding hydrogens is 478 g/mol. The predicted molar refractivity (Wildman–Crippen MR) is 149 cm³/mol. The van der Waals surface area contributed by atoms with Crippen molar-refractivity contribution in [3.8, 4) is 17.0 Å². The molecule has 0 bridgehead atoms. The first kappa shape index (κ1) is 24.6. The van der Waals surface area contributed by atoms with Crippen LogP contribution in [0.5, 0.6) is 5.75 Å². The second-order valence-corrected chi connectivity index (χ2v) is 9.98. The van der Waals surface area contributed by atoms with Gasteiger partial charge in [0.25, 0.3) is 0 Å². The van der Waals surface area contributed by atoms with E-state index in [9.17, 15) is 0 Å².